The summed E-state index contributed by atoms with van der Waals surface area (Å²) in [5.41, 5.74) is 6.60. The number of unbranched alkanes of at least 4 members (excludes halogenated alkanes) is 1. The van der Waals surface area contributed by atoms with Gasteiger partial charge in [0.1, 0.15) is 5.69 Å². The number of rotatable bonds is 6. The Balaban J connectivity index is 2.44. The third-order valence-corrected chi connectivity index (χ3v) is 2.74. The van der Waals surface area contributed by atoms with Crippen LogP contribution >= 0.6 is 0 Å². The molecule has 0 aromatic carbocycles. The zero-order chi connectivity index (χ0) is 14.5. The molecule has 106 valence electrons. The second kappa shape index (κ2) is 6.23. The Morgan fingerprint density at radius 2 is 2.10 bits per heavy atom. The molecule has 0 bridgehead atoms. The number of nitrogens with zero attached hydrogens (tertiary/aromatic N) is 4. The van der Waals surface area contributed by atoms with E-state index < -0.39 is 0 Å². The average Bonchev–Trinajstić information content (AvgIpc) is 2.46. The molecule has 2 aromatic heterocycles. The van der Waals surface area contributed by atoms with Crippen LogP contribution in [0.15, 0.2) is 6.20 Å². The molecule has 0 aliphatic rings. The Morgan fingerprint density at radius 3 is 2.80 bits per heavy atom. The predicted molar refractivity (Wildman–Crippen MR) is 74.6 cm³/mol. The van der Waals surface area contributed by atoms with Gasteiger partial charge in [0.15, 0.2) is 16.9 Å². The van der Waals surface area contributed by atoms with Gasteiger partial charge >= 0.3 is 0 Å². The lowest BCUT2D eigenvalue weighted by Crippen LogP contribution is -2.08. The van der Waals surface area contributed by atoms with Crippen molar-refractivity contribution in [2.75, 3.05) is 12.3 Å². The molecule has 2 aromatic rings. The number of nitrogen functional groups attached to an aromatic ring is 1. The standard InChI is InChI=1S/C13H17N5O2/c1-3-5-6-20-12-10-11(17-13(14)18-12)15-7-8(16-10)9(19)4-2/h7H,3-6H2,1-2H3,(H2,14,15,17,18). The molecule has 2 N–H and O–H groups in total. The fourth-order valence-electron chi connectivity index (χ4n) is 1.63. The Labute approximate surface area is 116 Å². The van der Waals surface area contributed by atoms with Crippen LogP contribution in [0, 0.1) is 0 Å². The fraction of sp³-hybridized carbons (Fsp3) is 0.462. The molecule has 0 saturated carbocycles. The molecule has 0 saturated heterocycles. The minimum Gasteiger partial charge on any atom is -0.476 e. The maximum atomic E-state index is 11.7. The van der Waals surface area contributed by atoms with Crippen LogP contribution in [-0.2, 0) is 0 Å². The SMILES string of the molecule is CCCCOc1nc(N)nc2ncc(C(=O)CC)nc12. The van der Waals surface area contributed by atoms with Gasteiger partial charge in [-0.1, -0.05) is 20.3 Å². The molecule has 2 rings (SSSR count). The smallest absolute Gasteiger partial charge is 0.247 e. The number of aromatic nitrogens is 4. The van der Waals surface area contributed by atoms with Crippen molar-refractivity contribution >= 4 is 22.9 Å². The van der Waals surface area contributed by atoms with Gasteiger partial charge in [0, 0.05) is 6.42 Å². The second-order valence-corrected chi connectivity index (χ2v) is 4.29. The quantitative estimate of drug-likeness (QED) is 0.632. The molecule has 2 heterocycles. The molecule has 7 nitrogen and oxygen atoms in total. The monoisotopic (exact) mass is 275 g/mol. The summed E-state index contributed by atoms with van der Waals surface area (Å²) in [5, 5.41) is 0. The van der Waals surface area contributed by atoms with E-state index in [4.69, 9.17) is 10.5 Å². The summed E-state index contributed by atoms with van der Waals surface area (Å²) < 4.78 is 5.56. The molecule has 20 heavy (non-hydrogen) atoms. The third kappa shape index (κ3) is 2.98. The summed E-state index contributed by atoms with van der Waals surface area (Å²) in [6, 6.07) is 0. The number of carbonyl (C=O) groups excluding carboxylic acids is 1. The van der Waals surface area contributed by atoms with Gasteiger partial charge in [0.2, 0.25) is 11.8 Å². The number of fused-ring (bicyclic) bond motifs is 1. The molecule has 0 aliphatic carbocycles. The van der Waals surface area contributed by atoms with E-state index in [-0.39, 0.29) is 23.3 Å². The van der Waals surface area contributed by atoms with Crippen molar-refractivity contribution in [1.82, 2.24) is 19.9 Å². The summed E-state index contributed by atoms with van der Waals surface area (Å²) >= 11 is 0. The minimum atomic E-state index is -0.0873. The fourth-order valence-corrected chi connectivity index (χ4v) is 1.63. The number of ether oxygens (including phenoxy) is 1. The summed E-state index contributed by atoms with van der Waals surface area (Å²) in [4.78, 5) is 28.1. The Kier molecular flexibility index (Phi) is 4.39. The summed E-state index contributed by atoms with van der Waals surface area (Å²) in [7, 11) is 0. The lowest BCUT2D eigenvalue weighted by atomic mass is 10.2. The third-order valence-electron chi connectivity index (χ3n) is 2.74. The van der Waals surface area contributed by atoms with Crippen LogP contribution in [-0.4, -0.2) is 32.3 Å². The van der Waals surface area contributed by atoms with Crippen molar-refractivity contribution in [2.24, 2.45) is 0 Å². The van der Waals surface area contributed by atoms with E-state index in [1.54, 1.807) is 6.92 Å². The number of Topliss-reactive ketones (excluding diaryl/α,β-unsaturated/α-hetero) is 1. The number of hydrogen-bond acceptors (Lipinski definition) is 7. The van der Waals surface area contributed by atoms with E-state index in [1.807, 2.05) is 0 Å². The Morgan fingerprint density at radius 1 is 1.30 bits per heavy atom. The topological polar surface area (TPSA) is 104 Å². The molecule has 0 amide bonds. The number of nitrogens with two attached hydrogens (primary N) is 1. The van der Waals surface area contributed by atoms with Crippen molar-refractivity contribution < 1.29 is 9.53 Å². The van der Waals surface area contributed by atoms with E-state index >= 15 is 0 Å². The van der Waals surface area contributed by atoms with Crippen molar-refractivity contribution in [3.63, 3.8) is 0 Å². The van der Waals surface area contributed by atoms with Crippen LogP contribution in [0.1, 0.15) is 43.6 Å². The predicted octanol–water partition coefficient (Wildman–Crippen LogP) is 1.77. The highest BCUT2D eigenvalue weighted by atomic mass is 16.5. The van der Waals surface area contributed by atoms with Crippen LogP contribution in [0.2, 0.25) is 0 Å². The van der Waals surface area contributed by atoms with E-state index in [0.29, 0.717) is 24.2 Å². The van der Waals surface area contributed by atoms with Gasteiger partial charge in [0.25, 0.3) is 0 Å². The van der Waals surface area contributed by atoms with E-state index in [0.717, 1.165) is 12.8 Å². The van der Waals surface area contributed by atoms with Gasteiger partial charge in [-0.05, 0) is 6.42 Å². The maximum Gasteiger partial charge on any atom is 0.247 e. The van der Waals surface area contributed by atoms with Crippen LogP contribution in [0.4, 0.5) is 5.95 Å². The molecule has 0 radical (unpaired) electrons. The Bertz CT molecular complexity index is 629. The number of anilines is 1. The highest BCUT2D eigenvalue weighted by Crippen LogP contribution is 2.20. The minimum absolute atomic E-state index is 0.0767. The summed E-state index contributed by atoms with van der Waals surface area (Å²) in [6.07, 6.45) is 3.66. The largest absolute Gasteiger partial charge is 0.476 e. The summed E-state index contributed by atoms with van der Waals surface area (Å²) in [6.45, 7) is 4.34. The molecule has 0 aliphatic heterocycles. The van der Waals surface area contributed by atoms with Crippen LogP contribution < -0.4 is 10.5 Å². The highest BCUT2D eigenvalue weighted by molar-refractivity contribution is 5.95. The van der Waals surface area contributed by atoms with Crippen LogP contribution in [0.25, 0.3) is 11.2 Å². The average molecular weight is 275 g/mol. The molecule has 0 fully saturated rings. The number of ketones is 1. The van der Waals surface area contributed by atoms with Gasteiger partial charge in [-0.3, -0.25) is 4.79 Å². The lowest BCUT2D eigenvalue weighted by molar-refractivity contribution is 0.0983. The first-order chi connectivity index (χ1) is 9.65. The van der Waals surface area contributed by atoms with E-state index in [9.17, 15) is 4.79 Å². The van der Waals surface area contributed by atoms with Crippen molar-refractivity contribution in [2.45, 2.75) is 33.1 Å². The van der Waals surface area contributed by atoms with Crippen LogP contribution in [0.3, 0.4) is 0 Å². The maximum absolute atomic E-state index is 11.7. The van der Waals surface area contributed by atoms with Crippen molar-refractivity contribution in [3.05, 3.63) is 11.9 Å². The normalized spacial score (nSPS) is 10.7. The molecule has 0 atom stereocenters. The Hall–Kier alpha value is -2.31. The number of carbonyl (C=O) groups is 1. The van der Waals surface area contributed by atoms with Gasteiger partial charge in [0.05, 0.1) is 12.8 Å². The lowest BCUT2D eigenvalue weighted by Gasteiger charge is -2.08. The van der Waals surface area contributed by atoms with E-state index in [2.05, 4.69) is 26.9 Å². The van der Waals surface area contributed by atoms with Gasteiger partial charge in [-0.2, -0.15) is 9.97 Å². The second-order valence-electron chi connectivity index (χ2n) is 4.29. The number of hydrogen-bond donors (Lipinski definition) is 1. The molecule has 0 unspecified atom stereocenters. The highest BCUT2D eigenvalue weighted by Gasteiger charge is 2.14. The van der Waals surface area contributed by atoms with E-state index in [1.165, 1.54) is 6.20 Å². The zero-order valence-corrected chi connectivity index (χ0v) is 11.6. The molecule has 0 spiro atoms. The molecule has 7 heteroatoms. The van der Waals surface area contributed by atoms with Gasteiger partial charge < -0.3 is 10.5 Å². The molecular formula is C13H17N5O2. The summed E-state index contributed by atoms with van der Waals surface area (Å²) in [5.74, 6) is 0.266. The van der Waals surface area contributed by atoms with Gasteiger partial charge in [-0.15, -0.1) is 0 Å². The first-order valence-corrected chi connectivity index (χ1v) is 6.62. The first-order valence-electron chi connectivity index (χ1n) is 6.62. The van der Waals surface area contributed by atoms with Gasteiger partial charge in [-0.25, -0.2) is 9.97 Å². The van der Waals surface area contributed by atoms with Crippen LogP contribution in [0.5, 0.6) is 5.88 Å². The first kappa shape index (κ1) is 14.1. The zero-order valence-electron chi connectivity index (χ0n) is 11.6. The van der Waals surface area contributed by atoms with Crippen molar-refractivity contribution in [3.8, 4) is 5.88 Å². The van der Waals surface area contributed by atoms with Crippen molar-refractivity contribution in [1.29, 1.82) is 0 Å². The molecular weight excluding hydrogens is 258 g/mol.